The van der Waals surface area contributed by atoms with Gasteiger partial charge in [0.1, 0.15) is 18.0 Å². The van der Waals surface area contributed by atoms with E-state index in [1.165, 1.54) is 37.5 Å². The van der Waals surface area contributed by atoms with Crippen LogP contribution in [0.25, 0.3) is 10.9 Å². The molecular formula is C24H19FN4O2. The number of aromatic nitrogens is 2. The maximum Gasteiger partial charge on any atom is 0.255 e. The first kappa shape index (κ1) is 20.2. The van der Waals surface area contributed by atoms with Crippen LogP contribution in [-0.2, 0) is 6.54 Å². The Morgan fingerprint density at radius 1 is 0.935 bits per heavy atom. The molecule has 0 atom stereocenters. The van der Waals surface area contributed by atoms with E-state index < -0.39 is 0 Å². The van der Waals surface area contributed by atoms with Crippen molar-refractivity contribution in [1.82, 2.24) is 9.97 Å². The molecule has 4 aromatic rings. The van der Waals surface area contributed by atoms with Gasteiger partial charge in [0.25, 0.3) is 5.91 Å². The highest BCUT2D eigenvalue weighted by molar-refractivity contribution is 6.07. The number of hydrogen-bond donors (Lipinski definition) is 2. The van der Waals surface area contributed by atoms with Crippen LogP contribution in [0.15, 0.2) is 73.1 Å². The number of nitrogens with zero attached hydrogens (tertiary/aromatic N) is 2. The molecule has 0 spiro atoms. The molecule has 0 aliphatic heterocycles. The average Bonchev–Trinajstić information content (AvgIpc) is 2.78. The second-order valence-corrected chi connectivity index (χ2v) is 6.99. The van der Waals surface area contributed by atoms with E-state index in [0.29, 0.717) is 34.7 Å². The van der Waals surface area contributed by atoms with Crippen molar-refractivity contribution in [2.45, 2.75) is 13.5 Å². The number of anilines is 2. The fraction of sp³-hybridized carbons (Fsp3) is 0.0833. The molecule has 0 aliphatic carbocycles. The minimum absolute atomic E-state index is 0.0477. The largest absolute Gasteiger partial charge is 0.365 e. The van der Waals surface area contributed by atoms with E-state index in [0.717, 1.165) is 10.9 Å². The van der Waals surface area contributed by atoms with Crippen LogP contribution < -0.4 is 10.6 Å². The number of rotatable bonds is 6. The van der Waals surface area contributed by atoms with Gasteiger partial charge >= 0.3 is 0 Å². The number of ketones is 1. The quantitative estimate of drug-likeness (QED) is 0.441. The van der Waals surface area contributed by atoms with Gasteiger partial charge in [0.05, 0.1) is 5.52 Å². The second-order valence-electron chi connectivity index (χ2n) is 6.99. The SMILES string of the molecule is CC(=O)c1cccc2c(NCc3ccc(NC(=O)c4ccc(F)cc4)cc3)ncnc12. The van der Waals surface area contributed by atoms with E-state index in [9.17, 15) is 14.0 Å². The predicted octanol–water partition coefficient (Wildman–Crippen LogP) is 4.84. The Balaban J connectivity index is 1.44. The molecule has 0 saturated carbocycles. The van der Waals surface area contributed by atoms with Gasteiger partial charge in [-0.3, -0.25) is 9.59 Å². The highest BCUT2D eigenvalue weighted by Crippen LogP contribution is 2.23. The minimum atomic E-state index is -0.387. The van der Waals surface area contributed by atoms with E-state index in [4.69, 9.17) is 0 Å². The van der Waals surface area contributed by atoms with Crippen LogP contribution in [-0.4, -0.2) is 21.7 Å². The first-order valence-electron chi connectivity index (χ1n) is 9.65. The number of amides is 1. The standard InChI is InChI=1S/C24H19FN4O2/c1-15(30)20-3-2-4-21-22(20)27-14-28-23(21)26-13-16-5-11-19(12-6-16)29-24(31)17-7-9-18(25)10-8-17/h2-12,14H,13H2,1H3,(H,29,31)(H,26,27,28). The van der Waals surface area contributed by atoms with E-state index in [-0.39, 0.29) is 17.5 Å². The molecule has 4 rings (SSSR count). The van der Waals surface area contributed by atoms with Crippen molar-refractivity contribution >= 4 is 34.1 Å². The van der Waals surface area contributed by atoms with Crippen molar-refractivity contribution in [1.29, 1.82) is 0 Å². The summed E-state index contributed by atoms with van der Waals surface area (Å²) in [7, 11) is 0. The Morgan fingerprint density at radius 3 is 2.39 bits per heavy atom. The third-order valence-corrected chi connectivity index (χ3v) is 4.82. The number of benzene rings is 3. The van der Waals surface area contributed by atoms with Gasteiger partial charge in [0.15, 0.2) is 5.78 Å². The van der Waals surface area contributed by atoms with Gasteiger partial charge in [0.2, 0.25) is 0 Å². The van der Waals surface area contributed by atoms with E-state index in [1.54, 1.807) is 18.2 Å². The smallest absolute Gasteiger partial charge is 0.255 e. The molecular weight excluding hydrogens is 395 g/mol. The molecule has 0 fully saturated rings. The second kappa shape index (κ2) is 8.71. The van der Waals surface area contributed by atoms with Gasteiger partial charge in [-0.05, 0) is 61.0 Å². The molecule has 0 unspecified atom stereocenters. The summed E-state index contributed by atoms with van der Waals surface area (Å²) in [6, 6.07) is 18.2. The van der Waals surface area contributed by atoms with Gasteiger partial charge < -0.3 is 10.6 Å². The minimum Gasteiger partial charge on any atom is -0.365 e. The molecule has 0 aliphatic rings. The van der Waals surface area contributed by atoms with Crippen LogP contribution in [0.3, 0.4) is 0 Å². The van der Waals surface area contributed by atoms with Crippen molar-refractivity contribution in [2.75, 3.05) is 10.6 Å². The fourth-order valence-electron chi connectivity index (χ4n) is 3.21. The van der Waals surface area contributed by atoms with E-state index in [1.807, 2.05) is 24.3 Å². The molecule has 6 nitrogen and oxygen atoms in total. The van der Waals surface area contributed by atoms with Crippen LogP contribution in [0.2, 0.25) is 0 Å². The van der Waals surface area contributed by atoms with Crippen LogP contribution in [0.5, 0.6) is 0 Å². The van der Waals surface area contributed by atoms with Gasteiger partial charge in [0, 0.05) is 28.7 Å². The molecule has 7 heteroatoms. The topological polar surface area (TPSA) is 84.0 Å². The molecule has 1 heterocycles. The number of hydrogen-bond acceptors (Lipinski definition) is 5. The number of carbonyl (C=O) groups excluding carboxylic acids is 2. The Hall–Kier alpha value is -4.13. The van der Waals surface area contributed by atoms with Crippen LogP contribution in [0.1, 0.15) is 33.2 Å². The molecule has 2 N–H and O–H groups in total. The summed E-state index contributed by atoms with van der Waals surface area (Å²) < 4.78 is 13.0. The number of nitrogens with one attached hydrogen (secondary N) is 2. The molecule has 0 radical (unpaired) electrons. The number of para-hydroxylation sites is 1. The molecule has 0 bridgehead atoms. The lowest BCUT2D eigenvalue weighted by molar-refractivity contribution is 0.101. The number of carbonyl (C=O) groups is 2. The lowest BCUT2D eigenvalue weighted by atomic mass is 10.1. The highest BCUT2D eigenvalue weighted by atomic mass is 19.1. The van der Waals surface area contributed by atoms with Crippen molar-refractivity contribution in [2.24, 2.45) is 0 Å². The van der Waals surface area contributed by atoms with E-state index >= 15 is 0 Å². The summed E-state index contributed by atoms with van der Waals surface area (Å²) in [5, 5.41) is 6.84. The first-order valence-corrected chi connectivity index (χ1v) is 9.65. The van der Waals surface area contributed by atoms with Crippen molar-refractivity contribution in [3.8, 4) is 0 Å². The van der Waals surface area contributed by atoms with Crippen LogP contribution >= 0.6 is 0 Å². The molecule has 1 amide bonds. The Labute approximate surface area is 178 Å². The molecule has 31 heavy (non-hydrogen) atoms. The fourth-order valence-corrected chi connectivity index (χ4v) is 3.21. The maximum absolute atomic E-state index is 13.0. The summed E-state index contributed by atoms with van der Waals surface area (Å²) >= 11 is 0. The van der Waals surface area contributed by atoms with Crippen LogP contribution in [0.4, 0.5) is 15.9 Å². The zero-order valence-corrected chi connectivity index (χ0v) is 16.7. The molecule has 3 aromatic carbocycles. The Kier molecular flexibility index (Phi) is 5.66. The zero-order chi connectivity index (χ0) is 21.8. The molecule has 1 aromatic heterocycles. The summed E-state index contributed by atoms with van der Waals surface area (Å²) in [6.07, 6.45) is 1.44. The predicted molar refractivity (Wildman–Crippen MR) is 118 cm³/mol. The number of fused-ring (bicyclic) bond motifs is 1. The Bertz CT molecular complexity index is 1260. The summed E-state index contributed by atoms with van der Waals surface area (Å²) in [4.78, 5) is 32.6. The van der Waals surface area contributed by atoms with Gasteiger partial charge in [-0.2, -0.15) is 0 Å². The normalized spacial score (nSPS) is 10.6. The van der Waals surface area contributed by atoms with Gasteiger partial charge in [-0.1, -0.05) is 18.2 Å². The van der Waals surface area contributed by atoms with Crippen molar-refractivity contribution in [3.05, 3.63) is 95.6 Å². The monoisotopic (exact) mass is 414 g/mol. The van der Waals surface area contributed by atoms with Crippen molar-refractivity contribution in [3.63, 3.8) is 0 Å². The first-order chi connectivity index (χ1) is 15.0. The third-order valence-electron chi connectivity index (χ3n) is 4.82. The van der Waals surface area contributed by atoms with E-state index in [2.05, 4.69) is 20.6 Å². The van der Waals surface area contributed by atoms with Crippen LogP contribution in [0, 0.1) is 5.82 Å². The Morgan fingerprint density at radius 2 is 1.68 bits per heavy atom. The summed E-state index contributed by atoms with van der Waals surface area (Å²) in [6.45, 7) is 2.02. The number of Topliss-reactive ketones (excluding diaryl/α,β-unsaturated/α-hetero) is 1. The third kappa shape index (κ3) is 4.56. The molecule has 154 valence electrons. The highest BCUT2D eigenvalue weighted by Gasteiger charge is 2.10. The van der Waals surface area contributed by atoms with Gasteiger partial charge in [-0.15, -0.1) is 0 Å². The molecule has 0 saturated heterocycles. The van der Waals surface area contributed by atoms with Gasteiger partial charge in [-0.25, -0.2) is 14.4 Å². The number of halogens is 1. The summed E-state index contributed by atoms with van der Waals surface area (Å²) in [5.74, 6) is -0.0997. The lowest BCUT2D eigenvalue weighted by Crippen LogP contribution is -2.11. The lowest BCUT2D eigenvalue weighted by Gasteiger charge is -2.11. The maximum atomic E-state index is 13.0. The zero-order valence-electron chi connectivity index (χ0n) is 16.7. The average molecular weight is 414 g/mol. The summed E-state index contributed by atoms with van der Waals surface area (Å²) in [5.41, 5.74) is 3.18. The van der Waals surface area contributed by atoms with Crippen molar-refractivity contribution < 1.29 is 14.0 Å².